The Morgan fingerprint density at radius 2 is 1.46 bits per heavy atom. The van der Waals surface area contributed by atoms with Crippen LogP contribution in [0, 0.1) is 5.92 Å². The lowest BCUT2D eigenvalue weighted by molar-refractivity contribution is -0.143. The van der Waals surface area contributed by atoms with Crippen LogP contribution in [0.15, 0.2) is 35.3 Å². The number of nitrogens with zero attached hydrogens (tertiary/aromatic N) is 1. The fourth-order valence-corrected chi connectivity index (χ4v) is 3.58. The number of carboxylic acid groups (broad SMARTS) is 1. The molecule has 0 saturated heterocycles. The number of amides is 4. The van der Waals surface area contributed by atoms with Crippen LogP contribution in [0.4, 0.5) is 0 Å². The quantitative estimate of drug-likeness (QED) is 0.0611. The van der Waals surface area contributed by atoms with E-state index in [-0.39, 0.29) is 38.2 Å². The summed E-state index contributed by atoms with van der Waals surface area (Å²) in [5, 5.41) is 17.0. The third kappa shape index (κ3) is 12.7. The summed E-state index contributed by atoms with van der Waals surface area (Å²) in [6, 6.07) is 4.20. The summed E-state index contributed by atoms with van der Waals surface area (Å²) in [4.78, 5) is 65.9. The van der Waals surface area contributed by atoms with Gasteiger partial charge in [-0.15, -0.1) is 0 Å². The standard InChI is InChI=1S/C25H40N8O6/c1-14(2)20(24(38)39)33-23(37)18(13-15-7-4-3-5-8-15)32-22(36)17(10-11-19(27)34)31-21(35)16(26)9-6-12-30-25(28)29/h3-5,7-8,14,16-18,20H,6,9-13,26H2,1-2H3,(H2,27,34)(H,31,35)(H,32,36)(H,33,37)(H,38,39)(H4,28,29,30). The van der Waals surface area contributed by atoms with Gasteiger partial charge in [-0.25, -0.2) is 4.79 Å². The average Bonchev–Trinajstić information content (AvgIpc) is 2.86. The van der Waals surface area contributed by atoms with Crippen molar-refractivity contribution in [2.75, 3.05) is 6.54 Å². The molecular formula is C25H40N8O6. The van der Waals surface area contributed by atoms with Crippen molar-refractivity contribution in [1.82, 2.24) is 16.0 Å². The molecule has 0 aliphatic heterocycles. The molecule has 0 aliphatic rings. The van der Waals surface area contributed by atoms with Crippen molar-refractivity contribution in [3.05, 3.63) is 35.9 Å². The smallest absolute Gasteiger partial charge is 0.326 e. The van der Waals surface area contributed by atoms with Gasteiger partial charge < -0.3 is 44.0 Å². The summed E-state index contributed by atoms with van der Waals surface area (Å²) in [5.41, 5.74) is 22.4. The first-order valence-electron chi connectivity index (χ1n) is 12.6. The summed E-state index contributed by atoms with van der Waals surface area (Å²) in [6.45, 7) is 3.54. The number of carboxylic acids is 1. The van der Waals surface area contributed by atoms with Crippen molar-refractivity contribution >= 4 is 35.6 Å². The van der Waals surface area contributed by atoms with E-state index < -0.39 is 59.7 Å². The number of aliphatic imine (C=N–C) groups is 1. The number of benzene rings is 1. The second-order valence-corrected chi connectivity index (χ2v) is 9.44. The first kappa shape index (κ1) is 32.8. The van der Waals surface area contributed by atoms with Gasteiger partial charge in [-0.2, -0.15) is 0 Å². The molecule has 1 aromatic rings. The molecule has 4 atom stereocenters. The molecule has 0 aromatic heterocycles. The second-order valence-electron chi connectivity index (χ2n) is 9.44. The van der Waals surface area contributed by atoms with Crippen molar-refractivity contribution in [1.29, 1.82) is 0 Å². The number of primary amides is 1. The predicted octanol–water partition coefficient (Wildman–Crippen LogP) is -1.93. The zero-order valence-corrected chi connectivity index (χ0v) is 22.3. The normalized spacial score (nSPS) is 13.8. The molecule has 0 fully saturated rings. The number of nitrogens with two attached hydrogens (primary N) is 4. The highest BCUT2D eigenvalue weighted by molar-refractivity contribution is 5.94. The summed E-state index contributed by atoms with van der Waals surface area (Å²) in [5.74, 6) is -4.55. The van der Waals surface area contributed by atoms with E-state index in [2.05, 4.69) is 20.9 Å². The van der Waals surface area contributed by atoms with Crippen molar-refractivity contribution in [2.45, 2.75) is 70.1 Å². The number of guanidine groups is 1. The highest BCUT2D eigenvalue weighted by Gasteiger charge is 2.31. The Kier molecular flexibility index (Phi) is 14.0. The lowest BCUT2D eigenvalue weighted by Gasteiger charge is -2.26. The van der Waals surface area contributed by atoms with Gasteiger partial charge in [0.2, 0.25) is 23.6 Å². The fraction of sp³-hybridized carbons (Fsp3) is 0.520. The topological polar surface area (TPSA) is 258 Å². The van der Waals surface area contributed by atoms with Crippen molar-refractivity contribution in [3.8, 4) is 0 Å². The van der Waals surface area contributed by atoms with E-state index in [1.807, 2.05) is 0 Å². The maximum atomic E-state index is 13.2. The number of carbonyl (C=O) groups is 5. The van der Waals surface area contributed by atoms with Gasteiger partial charge in [-0.05, 0) is 30.7 Å². The van der Waals surface area contributed by atoms with Crippen LogP contribution in [-0.4, -0.2) is 71.4 Å². The van der Waals surface area contributed by atoms with Gasteiger partial charge in [-0.3, -0.25) is 24.2 Å². The van der Waals surface area contributed by atoms with Crippen LogP contribution in [0.2, 0.25) is 0 Å². The molecule has 0 bridgehead atoms. The van der Waals surface area contributed by atoms with Gasteiger partial charge >= 0.3 is 5.97 Å². The minimum Gasteiger partial charge on any atom is -0.480 e. The van der Waals surface area contributed by atoms with Crippen LogP contribution < -0.4 is 38.9 Å². The number of hydrogen-bond donors (Lipinski definition) is 8. The molecule has 0 spiro atoms. The molecule has 39 heavy (non-hydrogen) atoms. The van der Waals surface area contributed by atoms with Gasteiger partial charge in [0.25, 0.3) is 0 Å². The zero-order chi connectivity index (χ0) is 29.5. The van der Waals surface area contributed by atoms with Crippen molar-refractivity contribution in [2.24, 2.45) is 33.8 Å². The molecule has 1 aromatic carbocycles. The van der Waals surface area contributed by atoms with Gasteiger partial charge in [-0.1, -0.05) is 44.2 Å². The SMILES string of the molecule is CC(C)C(NC(=O)C(Cc1ccccc1)NC(=O)C(CCC(N)=O)NC(=O)C(N)CCCN=C(N)N)C(=O)O. The Hall–Kier alpha value is -4.20. The highest BCUT2D eigenvalue weighted by atomic mass is 16.4. The molecule has 4 amide bonds. The molecule has 0 saturated carbocycles. The first-order valence-corrected chi connectivity index (χ1v) is 12.6. The lowest BCUT2D eigenvalue weighted by Crippen LogP contribution is -2.58. The summed E-state index contributed by atoms with van der Waals surface area (Å²) < 4.78 is 0. The van der Waals surface area contributed by atoms with Crippen LogP contribution in [0.5, 0.6) is 0 Å². The summed E-state index contributed by atoms with van der Waals surface area (Å²) >= 11 is 0. The number of nitrogens with one attached hydrogen (secondary N) is 3. The molecule has 4 unspecified atom stereocenters. The maximum absolute atomic E-state index is 13.2. The minimum atomic E-state index is -1.24. The minimum absolute atomic E-state index is 0.0453. The van der Waals surface area contributed by atoms with E-state index in [0.29, 0.717) is 12.0 Å². The Morgan fingerprint density at radius 3 is 2.00 bits per heavy atom. The Balaban J connectivity index is 3.07. The monoisotopic (exact) mass is 548 g/mol. The molecule has 216 valence electrons. The molecule has 0 radical (unpaired) electrons. The predicted molar refractivity (Wildman–Crippen MR) is 145 cm³/mol. The number of rotatable bonds is 17. The summed E-state index contributed by atoms with van der Waals surface area (Å²) in [7, 11) is 0. The Labute approximate surface area is 227 Å². The average molecular weight is 549 g/mol. The first-order chi connectivity index (χ1) is 18.3. The van der Waals surface area contributed by atoms with Gasteiger partial charge in [0, 0.05) is 19.4 Å². The van der Waals surface area contributed by atoms with Crippen LogP contribution >= 0.6 is 0 Å². The Bertz CT molecular complexity index is 1010. The molecule has 0 aliphatic carbocycles. The van der Waals surface area contributed by atoms with Gasteiger partial charge in [0.1, 0.15) is 18.1 Å². The van der Waals surface area contributed by atoms with Gasteiger partial charge in [0.15, 0.2) is 5.96 Å². The second kappa shape index (κ2) is 16.6. The van der Waals surface area contributed by atoms with Crippen molar-refractivity contribution < 1.29 is 29.1 Å². The number of hydrogen-bond acceptors (Lipinski definition) is 7. The third-order valence-corrected chi connectivity index (χ3v) is 5.76. The molecule has 14 nitrogen and oxygen atoms in total. The van der Waals surface area contributed by atoms with Crippen LogP contribution in [0.3, 0.4) is 0 Å². The van der Waals surface area contributed by atoms with E-state index in [1.54, 1.807) is 44.2 Å². The third-order valence-electron chi connectivity index (χ3n) is 5.76. The highest BCUT2D eigenvalue weighted by Crippen LogP contribution is 2.08. The van der Waals surface area contributed by atoms with Crippen molar-refractivity contribution in [3.63, 3.8) is 0 Å². The van der Waals surface area contributed by atoms with Crippen LogP contribution in [-0.2, 0) is 30.4 Å². The lowest BCUT2D eigenvalue weighted by atomic mass is 10.0. The number of aliphatic carboxylic acids is 1. The zero-order valence-electron chi connectivity index (χ0n) is 22.3. The fourth-order valence-electron chi connectivity index (χ4n) is 3.58. The number of carbonyl (C=O) groups excluding carboxylic acids is 4. The Morgan fingerprint density at radius 1 is 0.872 bits per heavy atom. The molecule has 12 N–H and O–H groups in total. The van der Waals surface area contributed by atoms with E-state index >= 15 is 0 Å². The van der Waals surface area contributed by atoms with E-state index in [4.69, 9.17) is 22.9 Å². The van der Waals surface area contributed by atoms with E-state index in [0.717, 1.165) is 0 Å². The molecule has 1 rings (SSSR count). The van der Waals surface area contributed by atoms with Crippen LogP contribution in [0.1, 0.15) is 45.1 Å². The van der Waals surface area contributed by atoms with E-state index in [9.17, 15) is 29.1 Å². The molecule has 0 heterocycles. The van der Waals surface area contributed by atoms with Gasteiger partial charge in [0.05, 0.1) is 6.04 Å². The van der Waals surface area contributed by atoms with E-state index in [1.165, 1.54) is 0 Å². The van der Waals surface area contributed by atoms with Crippen LogP contribution in [0.25, 0.3) is 0 Å². The molecule has 14 heteroatoms. The largest absolute Gasteiger partial charge is 0.480 e. The summed E-state index contributed by atoms with van der Waals surface area (Å²) in [6.07, 6.45) is 0.310. The molecular weight excluding hydrogens is 508 g/mol. The maximum Gasteiger partial charge on any atom is 0.326 e.